The monoisotopic (exact) mass is 265 g/mol. The van der Waals surface area contributed by atoms with Crippen molar-refractivity contribution in [3.63, 3.8) is 0 Å². The Morgan fingerprint density at radius 3 is 2.74 bits per heavy atom. The minimum atomic E-state index is -0.0511. The van der Waals surface area contributed by atoms with Crippen LogP contribution in [0.15, 0.2) is 18.2 Å². The first-order valence-electron chi connectivity index (χ1n) is 6.63. The fourth-order valence-electron chi connectivity index (χ4n) is 1.68. The summed E-state index contributed by atoms with van der Waals surface area (Å²) in [5.41, 5.74) is 2.40. The van der Waals surface area contributed by atoms with Gasteiger partial charge in [0.15, 0.2) is 0 Å². The third-order valence-corrected chi connectivity index (χ3v) is 3.05. The molecule has 0 radical (unpaired) electrons. The molecule has 0 bridgehead atoms. The highest BCUT2D eigenvalue weighted by Gasteiger charge is 2.07. The first-order valence-corrected chi connectivity index (χ1v) is 6.63. The van der Waals surface area contributed by atoms with Gasteiger partial charge in [0.25, 0.3) is 0 Å². The van der Waals surface area contributed by atoms with Gasteiger partial charge in [0.1, 0.15) is 5.75 Å². The van der Waals surface area contributed by atoms with E-state index in [2.05, 4.69) is 12.2 Å². The molecular weight excluding hydrogens is 242 g/mol. The van der Waals surface area contributed by atoms with E-state index in [-0.39, 0.29) is 18.6 Å². The van der Waals surface area contributed by atoms with E-state index in [1.165, 1.54) is 11.1 Å². The Balaban J connectivity index is 2.29. The van der Waals surface area contributed by atoms with Gasteiger partial charge in [0.05, 0.1) is 13.0 Å². The quantitative estimate of drug-likeness (QED) is 0.792. The Hall–Kier alpha value is -1.55. The molecule has 106 valence electrons. The maximum Gasteiger partial charge on any atom is 0.223 e. The van der Waals surface area contributed by atoms with Gasteiger partial charge in [0, 0.05) is 12.6 Å². The van der Waals surface area contributed by atoms with E-state index in [0.29, 0.717) is 19.4 Å². The topological polar surface area (TPSA) is 58.6 Å². The summed E-state index contributed by atoms with van der Waals surface area (Å²) in [5.74, 6) is 0.740. The van der Waals surface area contributed by atoms with Gasteiger partial charge < -0.3 is 15.2 Å². The fourth-order valence-corrected chi connectivity index (χ4v) is 1.68. The Morgan fingerprint density at radius 1 is 1.37 bits per heavy atom. The standard InChI is InChI=1S/C15H23NO3/c1-11-4-5-14(10-12(11)2)19-9-7-15(18)16-13(3)6-8-17/h4-5,10,13,17H,6-9H2,1-3H3,(H,16,18). The number of benzene rings is 1. The van der Waals surface area contributed by atoms with E-state index in [4.69, 9.17) is 9.84 Å². The van der Waals surface area contributed by atoms with E-state index in [9.17, 15) is 4.79 Å². The molecule has 1 rings (SSSR count). The third-order valence-electron chi connectivity index (χ3n) is 3.05. The Bertz CT molecular complexity index is 418. The first kappa shape index (κ1) is 15.5. The fraction of sp³-hybridized carbons (Fsp3) is 0.533. The van der Waals surface area contributed by atoms with Crippen molar-refractivity contribution in [1.82, 2.24) is 5.32 Å². The molecule has 1 unspecified atom stereocenters. The molecule has 0 aliphatic carbocycles. The van der Waals surface area contributed by atoms with Crippen molar-refractivity contribution in [3.8, 4) is 5.75 Å². The smallest absolute Gasteiger partial charge is 0.223 e. The molecule has 1 amide bonds. The van der Waals surface area contributed by atoms with Crippen LogP contribution in [0.5, 0.6) is 5.75 Å². The van der Waals surface area contributed by atoms with Crippen LogP contribution in [0.4, 0.5) is 0 Å². The van der Waals surface area contributed by atoms with Crippen LogP contribution in [-0.2, 0) is 4.79 Å². The van der Waals surface area contributed by atoms with Crippen molar-refractivity contribution >= 4 is 5.91 Å². The molecule has 0 saturated heterocycles. The molecule has 0 aromatic heterocycles. The van der Waals surface area contributed by atoms with Gasteiger partial charge in [-0.3, -0.25) is 4.79 Å². The van der Waals surface area contributed by atoms with Crippen molar-refractivity contribution in [3.05, 3.63) is 29.3 Å². The molecule has 19 heavy (non-hydrogen) atoms. The SMILES string of the molecule is Cc1ccc(OCCC(=O)NC(C)CCO)cc1C. The van der Waals surface area contributed by atoms with Crippen molar-refractivity contribution in [2.45, 2.75) is 39.7 Å². The molecule has 1 atom stereocenters. The van der Waals surface area contributed by atoms with E-state index in [0.717, 1.165) is 5.75 Å². The molecular formula is C15H23NO3. The maximum absolute atomic E-state index is 11.6. The van der Waals surface area contributed by atoms with Crippen LogP contribution >= 0.6 is 0 Å². The number of aliphatic hydroxyl groups is 1. The largest absolute Gasteiger partial charge is 0.493 e. The van der Waals surface area contributed by atoms with Crippen molar-refractivity contribution in [1.29, 1.82) is 0 Å². The summed E-state index contributed by atoms with van der Waals surface area (Å²) in [6.45, 7) is 6.40. The molecule has 0 aliphatic heterocycles. The second-order valence-electron chi connectivity index (χ2n) is 4.83. The molecule has 1 aromatic carbocycles. The van der Waals surface area contributed by atoms with Crippen LogP contribution in [0.1, 0.15) is 30.9 Å². The minimum Gasteiger partial charge on any atom is -0.493 e. The van der Waals surface area contributed by atoms with Crippen LogP contribution in [0.25, 0.3) is 0 Å². The molecule has 0 fully saturated rings. The zero-order chi connectivity index (χ0) is 14.3. The predicted octanol–water partition coefficient (Wildman–Crippen LogP) is 1.96. The normalized spacial score (nSPS) is 12.0. The number of ether oxygens (including phenoxy) is 1. The highest BCUT2D eigenvalue weighted by Crippen LogP contribution is 2.16. The van der Waals surface area contributed by atoms with Gasteiger partial charge in [-0.2, -0.15) is 0 Å². The van der Waals surface area contributed by atoms with Gasteiger partial charge in [-0.15, -0.1) is 0 Å². The molecule has 4 nitrogen and oxygen atoms in total. The second-order valence-corrected chi connectivity index (χ2v) is 4.83. The van der Waals surface area contributed by atoms with Crippen molar-refractivity contribution < 1.29 is 14.6 Å². The van der Waals surface area contributed by atoms with Crippen LogP contribution in [0, 0.1) is 13.8 Å². The lowest BCUT2D eigenvalue weighted by Crippen LogP contribution is -2.33. The average Bonchev–Trinajstić information content (AvgIpc) is 2.34. The molecule has 1 aromatic rings. The van der Waals surface area contributed by atoms with Gasteiger partial charge in [-0.05, 0) is 50.5 Å². The maximum atomic E-state index is 11.6. The summed E-state index contributed by atoms with van der Waals surface area (Å²) in [6, 6.07) is 5.89. The highest BCUT2D eigenvalue weighted by molar-refractivity contribution is 5.76. The number of nitrogens with one attached hydrogen (secondary N) is 1. The lowest BCUT2D eigenvalue weighted by molar-refractivity contribution is -0.122. The van der Waals surface area contributed by atoms with Crippen LogP contribution in [0.3, 0.4) is 0 Å². The minimum absolute atomic E-state index is 0.000815. The first-order chi connectivity index (χ1) is 9.02. The van der Waals surface area contributed by atoms with Crippen molar-refractivity contribution in [2.24, 2.45) is 0 Å². The summed E-state index contributed by atoms with van der Waals surface area (Å²) < 4.78 is 5.54. The number of carbonyl (C=O) groups is 1. The lowest BCUT2D eigenvalue weighted by atomic mass is 10.1. The second kappa shape index (κ2) is 7.79. The number of carbonyl (C=O) groups excluding carboxylic acids is 1. The van der Waals surface area contributed by atoms with Gasteiger partial charge in [-0.25, -0.2) is 0 Å². The Labute approximate surface area is 114 Å². The molecule has 2 N–H and O–H groups in total. The van der Waals surface area contributed by atoms with E-state index < -0.39 is 0 Å². The number of hydrogen-bond donors (Lipinski definition) is 2. The number of amides is 1. The number of hydrogen-bond acceptors (Lipinski definition) is 3. The average molecular weight is 265 g/mol. The lowest BCUT2D eigenvalue weighted by Gasteiger charge is -2.13. The van der Waals surface area contributed by atoms with E-state index in [1.807, 2.05) is 32.0 Å². The summed E-state index contributed by atoms with van der Waals surface area (Å²) in [6.07, 6.45) is 0.895. The summed E-state index contributed by atoms with van der Waals surface area (Å²) in [5, 5.41) is 11.6. The van der Waals surface area contributed by atoms with Crippen LogP contribution < -0.4 is 10.1 Å². The zero-order valence-electron chi connectivity index (χ0n) is 11.9. The number of aliphatic hydroxyl groups excluding tert-OH is 1. The van der Waals surface area contributed by atoms with Gasteiger partial charge >= 0.3 is 0 Å². The Morgan fingerprint density at radius 2 is 2.11 bits per heavy atom. The molecule has 0 heterocycles. The van der Waals surface area contributed by atoms with Crippen LogP contribution in [-0.4, -0.2) is 30.3 Å². The van der Waals surface area contributed by atoms with E-state index in [1.54, 1.807) is 0 Å². The predicted molar refractivity (Wildman–Crippen MR) is 75.3 cm³/mol. The number of rotatable bonds is 7. The molecule has 0 spiro atoms. The molecule has 0 aliphatic rings. The van der Waals surface area contributed by atoms with Gasteiger partial charge in [0.2, 0.25) is 5.91 Å². The van der Waals surface area contributed by atoms with Gasteiger partial charge in [-0.1, -0.05) is 6.07 Å². The summed E-state index contributed by atoms with van der Waals surface area (Å²) >= 11 is 0. The number of aryl methyl sites for hydroxylation is 2. The zero-order valence-corrected chi connectivity index (χ0v) is 11.9. The van der Waals surface area contributed by atoms with Crippen LogP contribution in [0.2, 0.25) is 0 Å². The molecule has 0 saturated carbocycles. The summed E-state index contributed by atoms with van der Waals surface area (Å²) in [7, 11) is 0. The third kappa shape index (κ3) is 5.75. The Kier molecular flexibility index (Phi) is 6.36. The van der Waals surface area contributed by atoms with E-state index >= 15 is 0 Å². The highest BCUT2D eigenvalue weighted by atomic mass is 16.5. The summed E-state index contributed by atoms with van der Waals surface area (Å²) in [4.78, 5) is 11.6. The van der Waals surface area contributed by atoms with Crippen molar-refractivity contribution in [2.75, 3.05) is 13.2 Å². The molecule has 4 heteroatoms.